The van der Waals surface area contributed by atoms with E-state index in [4.69, 9.17) is 4.74 Å². The number of ether oxygens (including phenoxy) is 1. The van der Waals surface area contributed by atoms with E-state index in [1.165, 1.54) is 70.6 Å². The molecule has 97 valence electrons. The average Bonchev–Trinajstić information content (AvgIpc) is 2.31. The largest absolute Gasteiger partial charge is 0.385 e. The van der Waals surface area contributed by atoms with E-state index in [1.807, 2.05) is 0 Å². The maximum atomic E-state index is 5.03. The third-order valence-electron chi connectivity index (χ3n) is 3.10. The minimum atomic E-state index is 0.937. The van der Waals surface area contributed by atoms with Gasteiger partial charge in [-0.25, -0.2) is 0 Å². The van der Waals surface area contributed by atoms with Crippen molar-refractivity contribution in [1.82, 2.24) is 0 Å². The predicted molar refractivity (Wildman–Crippen MR) is 72.6 cm³/mol. The molecule has 0 aliphatic heterocycles. The number of unbranched alkanes of at least 4 members (excludes halogenated alkanes) is 11. The molecule has 0 saturated carbocycles. The molecule has 0 aromatic heterocycles. The minimum Gasteiger partial charge on any atom is -0.385 e. The van der Waals surface area contributed by atoms with Crippen LogP contribution in [0.3, 0.4) is 0 Å². The second-order valence-electron chi connectivity index (χ2n) is 4.74. The summed E-state index contributed by atoms with van der Waals surface area (Å²) >= 11 is 0. The summed E-state index contributed by atoms with van der Waals surface area (Å²) in [5.74, 6) is 0. The van der Waals surface area contributed by atoms with E-state index < -0.39 is 0 Å². The van der Waals surface area contributed by atoms with Gasteiger partial charge < -0.3 is 4.74 Å². The molecule has 0 aromatic rings. The first-order valence-electron chi connectivity index (χ1n) is 7.20. The lowest BCUT2D eigenvalue weighted by atomic mass is 10.1. The number of rotatable bonds is 13. The van der Waals surface area contributed by atoms with Crippen molar-refractivity contribution in [2.45, 2.75) is 77.0 Å². The fourth-order valence-electron chi connectivity index (χ4n) is 2.01. The van der Waals surface area contributed by atoms with E-state index in [-0.39, 0.29) is 0 Å². The maximum absolute atomic E-state index is 5.03. The molecule has 0 fully saturated rings. The Bertz CT molecular complexity index is 98.0. The smallest absolute Gasteiger partial charge is 0.0462 e. The zero-order chi connectivity index (χ0) is 11.9. The van der Waals surface area contributed by atoms with Gasteiger partial charge in [-0.3, -0.25) is 0 Å². The quantitative estimate of drug-likeness (QED) is 0.395. The highest BCUT2D eigenvalue weighted by Crippen LogP contribution is 2.11. The van der Waals surface area contributed by atoms with Crippen molar-refractivity contribution in [3.05, 3.63) is 6.92 Å². The van der Waals surface area contributed by atoms with Gasteiger partial charge in [0.05, 0.1) is 0 Å². The van der Waals surface area contributed by atoms with Crippen LogP contribution in [0.2, 0.25) is 0 Å². The second-order valence-corrected chi connectivity index (χ2v) is 4.74. The second kappa shape index (κ2) is 15.0. The Kier molecular flexibility index (Phi) is 14.9. The van der Waals surface area contributed by atoms with Crippen LogP contribution in [0.5, 0.6) is 0 Å². The highest BCUT2D eigenvalue weighted by atomic mass is 16.5. The lowest BCUT2D eigenvalue weighted by Crippen LogP contribution is -1.88. The standard InChI is InChI=1S/C15H31O/c1-3-4-5-6-7-8-9-10-11-12-13-14-15-16-2/h1,3-15H2,2H3. The zero-order valence-electron chi connectivity index (χ0n) is 11.3. The summed E-state index contributed by atoms with van der Waals surface area (Å²) in [7, 11) is 1.79. The fraction of sp³-hybridized carbons (Fsp3) is 0.933. The van der Waals surface area contributed by atoms with E-state index in [9.17, 15) is 0 Å². The topological polar surface area (TPSA) is 9.23 Å². The van der Waals surface area contributed by atoms with Gasteiger partial charge in [0.2, 0.25) is 0 Å². The molecular weight excluding hydrogens is 196 g/mol. The van der Waals surface area contributed by atoms with Crippen molar-refractivity contribution in [3.63, 3.8) is 0 Å². The Morgan fingerprint density at radius 3 is 1.38 bits per heavy atom. The molecule has 0 aliphatic carbocycles. The normalized spacial score (nSPS) is 10.9. The fourth-order valence-corrected chi connectivity index (χ4v) is 2.01. The van der Waals surface area contributed by atoms with Gasteiger partial charge in [-0.2, -0.15) is 0 Å². The summed E-state index contributed by atoms with van der Waals surface area (Å²) in [5, 5.41) is 0. The maximum Gasteiger partial charge on any atom is 0.0462 e. The third-order valence-corrected chi connectivity index (χ3v) is 3.10. The van der Waals surface area contributed by atoms with Gasteiger partial charge in [0.1, 0.15) is 0 Å². The van der Waals surface area contributed by atoms with E-state index in [0.717, 1.165) is 13.0 Å². The van der Waals surface area contributed by atoms with Crippen LogP contribution in [0.1, 0.15) is 77.0 Å². The third kappa shape index (κ3) is 14.0. The number of methoxy groups -OCH3 is 1. The Hall–Kier alpha value is -0.0400. The molecule has 0 heterocycles. The highest BCUT2D eigenvalue weighted by molar-refractivity contribution is 4.49. The van der Waals surface area contributed by atoms with Gasteiger partial charge in [-0.15, -0.1) is 0 Å². The summed E-state index contributed by atoms with van der Waals surface area (Å²) in [5.41, 5.74) is 0. The molecule has 0 atom stereocenters. The number of hydrogen-bond donors (Lipinski definition) is 0. The van der Waals surface area contributed by atoms with Crippen LogP contribution < -0.4 is 0 Å². The first-order valence-corrected chi connectivity index (χ1v) is 7.20. The molecule has 0 bridgehead atoms. The monoisotopic (exact) mass is 227 g/mol. The van der Waals surface area contributed by atoms with Gasteiger partial charge in [0.25, 0.3) is 0 Å². The molecule has 0 spiro atoms. The molecule has 0 rings (SSSR count). The molecule has 0 aliphatic rings. The molecule has 0 amide bonds. The zero-order valence-corrected chi connectivity index (χ0v) is 11.3. The Morgan fingerprint density at radius 2 is 1.00 bits per heavy atom. The van der Waals surface area contributed by atoms with Crippen molar-refractivity contribution in [1.29, 1.82) is 0 Å². The van der Waals surface area contributed by atoms with Crippen LogP contribution >= 0.6 is 0 Å². The van der Waals surface area contributed by atoms with Crippen LogP contribution in [0.15, 0.2) is 0 Å². The molecule has 0 aromatic carbocycles. The van der Waals surface area contributed by atoms with Crippen LogP contribution in [-0.4, -0.2) is 13.7 Å². The molecule has 1 nitrogen and oxygen atoms in total. The SMILES string of the molecule is [CH2]CCCCCCCCCCCCCOC. The summed E-state index contributed by atoms with van der Waals surface area (Å²) in [6.45, 7) is 4.80. The molecule has 1 heteroatoms. The van der Waals surface area contributed by atoms with E-state index in [1.54, 1.807) is 7.11 Å². The molecule has 0 unspecified atom stereocenters. The van der Waals surface area contributed by atoms with E-state index >= 15 is 0 Å². The summed E-state index contributed by atoms with van der Waals surface area (Å²) in [6, 6.07) is 0. The van der Waals surface area contributed by atoms with E-state index in [0.29, 0.717) is 0 Å². The van der Waals surface area contributed by atoms with Gasteiger partial charge >= 0.3 is 0 Å². The highest BCUT2D eigenvalue weighted by Gasteiger charge is 1.92. The Morgan fingerprint density at radius 1 is 0.625 bits per heavy atom. The molecule has 16 heavy (non-hydrogen) atoms. The van der Waals surface area contributed by atoms with Gasteiger partial charge in [-0.05, 0) is 6.42 Å². The molecular formula is C15H31O. The number of hydrogen-bond acceptors (Lipinski definition) is 1. The van der Waals surface area contributed by atoms with Gasteiger partial charge in [0, 0.05) is 13.7 Å². The van der Waals surface area contributed by atoms with Crippen LogP contribution in [0, 0.1) is 6.92 Å². The first-order chi connectivity index (χ1) is 7.91. The summed E-state index contributed by atoms with van der Waals surface area (Å²) < 4.78 is 5.03. The lowest BCUT2D eigenvalue weighted by molar-refractivity contribution is 0.192. The van der Waals surface area contributed by atoms with Crippen LogP contribution in [0.25, 0.3) is 0 Å². The Labute approximate surface area is 103 Å². The van der Waals surface area contributed by atoms with Crippen molar-refractivity contribution in [2.75, 3.05) is 13.7 Å². The van der Waals surface area contributed by atoms with Crippen molar-refractivity contribution < 1.29 is 4.74 Å². The molecule has 0 N–H and O–H groups in total. The van der Waals surface area contributed by atoms with Crippen LogP contribution in [0.4, 0.5) is 0 Å². The minimum absolute atomic E-state index is 0.937. The lowest BCUT2D eigenvalue weighted by Gasteiger charge is -2.02. The first kappa shape index (κ1) is 16.0. The van der Waals surface area contributed by atoms with Gasteiger partial charge in [-0.1, -0.05) is 77.6 Å². The summed E-state index contributed by atoms with van der Waals surface area (Å²) in [4.78, 5) is 0. The summed E-state index contributed by atoms with van der Waals surface area (Å²) in [6.07, 6.45) is 16.4. The van der Waals surface area contributed by atoms with E-state index in [2.05, 4.69) is 6.92 Å². The predicted octanol–water partition coefficient (Wildman–Crippen LogP) is 5.15. The average molecular weight is 227 g/mol. The molecule has 1 radical (unpaired) electrons. The van der Waals surface area contributed by atoms with Crippen LogP contribution in [-0.2, 0) is 4.74 Å². The van der Waals surface area contributed by atoms with Gasteiger partial charge in [0.15, 0.2) is 0 Å². The van der Waals surface area contributed by atoms with Crippen molar-refractivity contribution in [3.8, 4) is 0 Å². The Balaban J connectivity index is 2.83. The molecule has 0 saturated heterocycles. The van der Waals surface area contributed by atoms with Crippen molar-refractivity contribution >= 4 is 0 Å². The van der Waals surface area contributed by atoms with Crippen molar-refractivity contribution in [2.24, 2.45) is 0 Å².